The second kappa shape index (κ2) is 6.97. The molecule has 1 aliphatic carbocycles. The minimum absolute atomic E-state index is 0.00656. The van der Waals surface area contributed by atoms with Crippen LogP contribution in [0.25, 0.3) is 0 Å². The maximum absolute atomic E-state index is 12.9. The van der Waals surface area contributed by atoms with Crippen molar-refractivity contribution < 1.29 is 9.59 Å². The molecule has 2 aromatic rings. The van der Waals surface area contributed by atoms with Crippen LogP contribution in [0.5, 0.6) is 0 Å². The summed E-state index contributed by atoms with van der Waals surface area (Å²) in [5.74, 6) is -0.0211. The van der Waals surface area contributed by atoms with Gasteiger partial charge in [-0.05, 0) is 25.0 Å². The highest BCUT2D eigenvalue weighted by molar-refractivity contribution is 8.04. The SMILES string of the molecule is CCCCC1=C(Sc2ccccc2)C(=O)c2ccccc2C1=O. The first-order valence-corrected chi connectivity index (χ1v) is 8.68. The third-order valence-electron chi connectivity index (χ3n) is 3.91. The minimum atomic E-state index is -0.0276. The predicted molar refractivity (Wildman–Crippen MR) is 94.0 cm³/mol. The van der Waals surface area contributed by atoms with Gasteiger partial charge >= 0.3 is 0 Å². The van der Waals surface area contributed by atoms with E-state index >= 15 is 0 Å². The fourth-order valence-corrected chi connectivity index (χ4v) is 3.75. The molecule has 0 aliphatic heterocycles. The zero-order valence-corrected chi connectivity index (χ0v) is 13.9. The molecule has 116 valence electrons. The van der Waals surface area contributed by atoms with Gasteiger partial charge in [0, 0.05) is 21.6 Å². The first-order chi connectivity index (χ1) is 11.2. The molecule has 0 amide bonds. The van der Waals surface area contributed by atoms with Gasteiger partial charge in [0.25, 0.3) is 0 Å². The molecule has 0 bridgehead atoms. The van der Waals surface area contributed by atoms with Gasteiger partial charge in [-0.1, -0.05) is 67.6 Å². The molecule has 0 unspecified atom stereocenters. The summed E-state index contributed by atoms with van der Waals surface area (Å²) in [6.07, 6.45) is 2.57. The molecule has 0 heterocycles. The highest BCUT2D eigenvalue weighted by Gasteiger charge is 2.31. The highest BCUT2D eigenvalue weighted by Crippen LogP contribution is 2.38. The maximum atomic E-state index is 12.9. The quantitative estimate of drug-likeness (QED) is 0.749. The Hall–Kier alpha value is -2.13. The molecular formula is C20H18O2S. The predicted octanol–water partition coefficient (Wildman–Crippen LogP) is 5.30. The number of carbonyl (C=O) groups is 2. The number of rotatable bonds is 5. The van der Waals surface area contributed by atoms with E-state index in [2.05, 4.69) is 6.92 Å². The number of thioether (sulfide) groups is 1. The van der Waals surface area contributed by atoms with E-state index < -0.39 is 0 Å². The lowest BCUT2D eigenvalue weighted by Gasteiger charge is -2.20. The molecular weight excluding hydrogens is 304 g/mol. The minimum Gasteiger partial charge on any atom is -0.289 e. The second-order valence-corrected chi connectivity index (χ2v) is 6.61. The third kappa shape index (κ3) is 3.15. The van der Waals surface area contributed by atoms with Gasteiger partial charge in [-0.15, -0.1) is 0 Å². The third-order valence-corrected chi connectivity index (χ3v) is 5.06. The standard InChI is InChI=1S/C20H18O2S/c1-2-3-11-17-18(21)15-12-7-8-13-16(15)19(22)20(17)23-14-9-5-4-6-10-14/h4-10,12-13H,2-3,11H2,1H3. The van der Waals surface area contributed by atoms with Crippen molar-refractivity contribution >= 4 is 23.3 Å². The molecule has 3 rings (SSSR count). The largest absolute Gasteiger partial charge is 0.289 e. The Morgan fingerprint density at radius 3 is 2.09 bits per heavy atom. The first kappa shape index (κ1) is 15.8. The Morgan fingerprint density at radius 2 is 1.43 bits per heavy atom. The van der Waals surface area contributed by atoms with Crippen LogP contribution < -0.4 is 0 Å². The van der Waals surface area contributed by atoms with E-state index in [4.69, 9.17) is 0 Å². The van der Waals surface area contributed by atoms with Gasteiger partial charge in [0.05, 0.1) is 4.91 Å². The van der Waals surface area contributed by atoms with Crippen molar-refractivity contribution in [1.29, 1.82) is 0 Å². The van der Waals surface area contributed by atoms with Crippen molar-refractivity contribution in [2.24, 2.45) is 0 Å². The molecule has 0 atom stereocenters. The average Bonchev–Trinajstić information content (AvgIpc) is 2.60. The molecule has 1 aliphatic rings. The number of benzene rings is 2. The molecule has 0 fully saturated rings. The normalized spacial score (nSPS) is 14.1. The number of allylic oxidation sites excluding steroid dienone is 2. The molecule has 3 heteroatoms. The summed E-state index contributed by atoms with van der Waals surface area (Å²) >= 11 is 1.41. The van der Waals surface area contributed by atoms with Crippen LogP contribution >= 0.6 is 11.8 Å². The molecule has 0 N–H and O–H groups in total. The summed E-state index contributed by atoms with van der Waals surface area (Å²) in [6, 6.07) is 16.9. The number of fused-ring (bicyclic) bond motifs is 1. The Bertz CT molecular complexity index is 775. The van der Waals surface area contributed by atoms with Crippen molar-refractivity contribution in [2.75, 3.05) is 0 Å². The number of hydrogen-bond acceptors (Lipinski definition) is 3. The van der Waals surface area contributed by atoms with Crippen molar-refractivity contribution in [3.63, 3.8) is 0 Å². The van der Waals surface area contributed by atoms with Crippen LogP contribution in [0.1, 0.15) is 46.9 Å². The highest BCUT2D eigenvalue weighted by atomic mass is 32.2. The number of carbonyl (C=O) groups excluding carboxylic acids is 2. The van der Waals surface area contributed by atoms with Crippen LogP contribution in [0.3, 0.4) is 0 Å². The van der Waals surface area contributed by atoms with Crippen LogP contribution in [0.2, 0.25) is 0 Å². The fraction of sp³-hybridized carbons (Fsp3) is 0.200. The molecule has 0 radical (unpaired) electrons. The molecule has 2 nitrogen and oxygen atoms in total. The molecule has 0 saturated carbocycles. The molecule has 0 saturated heterocycles. The van der Waals surface area contributed by atoms with E-state index in [1.54, 1.807) is 12.1 Å². The van der Waals surface area contributed by atoms with Gasteiger partial charge in [0.2, 0.25) is 5.78 Å². The van der Waals surface area contributed by atoms with Crippen molar-refractivity contribution in [3.05, 3.63) is 76.2 Å². The van der Waals surface area contributed by atoms with Gasteiger partial charge in [0.1, 0.15) is 0 Å². The van der Waals surface area contributed by atoms with Crippen molar-refractivity contribution in [1.82, 2.24) is 0 Å². The lowest BCUT2D eigenvalue weighted by molar-refractivity contribution is 0.0978. The van der Waals surface area contributed by atoms with E-state index in [1.807, 2.05) is 42.5 Å². The molecule has 23 heavy (non-hydrogen) atoms. The molecule has 0 aromatic heterocycles. The van der Waals surface area contributed by atoms with Crippen molar-refractivity contribution in [3.8, 4) is 0 Å². The zero-order valence-electron chi connectivity index (χ0n) is 13.0. The average molecular weight is 322 g/mol. The molecule has 0 spiro atoms. The van der Waals surface area contributed by atoms with Crippen LogP contribution in [-0.2, 0) is 0 Å². The Kier molecular flexibility index (Phi) is 4.77. The van der Waals surface area contributed by atoms with E-state index in [0.29, 0.717) is 28.0 Å². The van der Waals surface area contributed by atoms with Gasteiger partial charge in [-0.3, -0.25) is 9.59 Å². The van der Waals surface area contributed by atoms with Crippen LogP contribution in [0, 0.1) is 0 Å². The maximum Gasteiger partial charge on any atom is 0.200 e. The van der Waals surface area contributed by atoms with Crippen LogP contribution in [0.4, 0.5) is 0 Å². The Morgan fingerprint density at radius 1 is 0.826 bits per heavy atom. The number of hydrogen-bond donors (Lipinski definition) is 0. The number of unbranched alkanes of at least 4 members (excludes halogenated alkanes) is 1. The van der Waals surface area contributed by atoms with Gasteiger partial charge in [-0.2, -0.15) is 0 Å². The summed E-state index contributed by atoms with van der Waals surface area (Å²) < 4.78 is 0. The second-order valence-electron chi connectivity index (χ2n) is 5.53. The van der Waals surface area contributed by atoms with E-state index in [0.717, 1.165) is 17.7 Å². The first-order valence-electron chi connectivity index (χ1n) is 7.87. The summed E-state index contributed by atoms with van der Waals surface area (Å²) in [5.41, 5.74) is 1.74. The number of Topliss-reactive ketones (excluding diaryl/α,β-unsaturated/α-hetero) is 2. The zero-order chi connectivity index (χ0) is 16.2. The Balaban J connectivity index is 2.06. The fourth-order valence-electron chi connectivity index (χ4n) is 2.70. The van der Waals surface area contributed by atoms with E-state index in [-0.39, 0.29) is 11.6 Å². The van der Waals surface area contributed by atoms with Crippen molar-refractivity contribution in [2.45, 2.75) is 31.1 Å². The summed E-state index contributed by atoms with van der Waals surface area (Å²) in [5, 5.41) is 0. The number of ketones is 2. The summed E-state index contributed by atoms with van der Waals surface area (Å²) in [6.45, 7) is 2.09. The topological polar surface area (TPSA) is 34.1 Å². The molecule has 2 aromatic carbocycles. The lowest BCUT2D eigenvalue weighted by atomic mass is 9.87. The summed E-state index contributed by atoms with van der Waals surface area (Å²) in [4.78, 5) is 27.3. The van der Waals surface area contributed by atoms with Crippen LogP contribution in [-0.4, -0.2) is 11.6 Å². The van der Waals surface area contributed by atoms with Gasteiger partial charge in [-0.25, -0.2) is 0 Å². The monoisotopic (exact) mass is 322 g/mol. The summed E-state index contributed by atoms with van der Waals surface area (Å²) in [7, 11) is 0. The Labute approximate surface area is 140 Å². The van der Waals surface area contributed by atoms with E-state index in [9.17, 15) is 9.59 Å². The van der Waals surface area contributed by atoms with Gasteiger partial charge < -0.3 is 0 Å². The smallest absolute Gasteiger partial charge is 0.200 e. The van der Waals surface area contributed by atoms with Gasteiger partial charge in [0.15, 0.2) is 5.78 Å². The lowest BCUT2D eigenvalue weighted by Crippen LogP contribution is -2.20. The van der Waals surface area contributed by atoms with E-state index in [1.165, 1.54) is 11.8 Å². The van der Waals surface area contributed by atoms with Crippen LogP contribution in [0.15, 0.2) is 70.0 Å².